The summed E-state index contributed by atoms with van der Waals surface area (Å²) in [6, 6.07) is 13.5. The minimum atomic E-state index is -0.583. The first-order valence-electron chi connectivity index (χ1n) is 6.25. The van der Waals surface area contributed by atoms with E-state index >= 15 is 0 Å². The summed E-state index contributed by atoms with van der Waals surface area (Å²) in [6.07, 6.45) is 0.668. The molecule has 0 atom stereocenters. The zero-order chi connectivity index (χ0) is 15.1. The van der Waals surface area contributed by atoms with Crippen molar-refractivity contribution in [3.8, 4) is 17.2 Å². The van der Waals surface area contributed by atoms with Crippen molar-refractivity contribution in [2.75, 3.05) is 13.7 Å². The number of methoxy groups -OCH3 is 1. The number of para-hydroxylation sites is 3. The van der Waals surface area contributed by atoms with Gasteiger partial charge in [-0.2, -0.15) is 0 Å². The molecule has 21 heavy (non-hydrogen) atoms. The van der Waals surface area contributed by atoms with E-state index in [2.05, 4.69) is 0 Å². The molecular weight excluding hydrogens is 272 g/mol. The molecule has 0 fully saturated rings. The summed E-state index contributed by atoms with van der Waals surface area (Å²) in [5.41, 5.74) is 0.377. The van der Waals surface area contributed by atoms with Gasteiger partial charge in [0.15, 0.2) is 24.4 Å². The molecule has 0 aliphatic heterocycles. The average Bonchev–Trinajstić information content (AvgIpc) is 2.53. The summed E-state index contributed by atoms with van der Waals surface area (Å²) in [5.74, 6) is 0.529. The highest BCUT2D eigenvalue weighted by Gasteiger charge is 2.11. The lowest BCUT2D eigenvalue weighted by Crippen LogP contribution is -2.18. The van der Waals surface area contributed by atoms with Crippen LogP contribution in [0, 0.1) is 0 Å². The zero-order valence-electron chi connectivity index (χ0n) is 11.4. The normalized spacial score (nSPS) is 9.76. The molecule has 0 aliphatic carbocycles. The lowest BCUT2D eigenvalue weighted by Gasteiger charge is -2.10. The lowest BCUT2D eigenvalue weighted by molar-refractivity contribution is -0.136. The molecule has 5 heteroatoms. The number of hydrogen-bond acceptors (Lipinski definition) is 5. The van der Waals surface area contributed by atoms with E-state index in [1.807, 2.05) is 0 Å². The van der Waals surface area contributed by atoms with Crippen molar-refractivity contribution in [2.24, 2.45) is 0 Å². The average molecular weight is 286 g/mol. The predicted octanol–water partition coefficient (Wildman–Crippen LogP) is 2.49. The van der Waals surface area contributed by atoms with E-state index in [9.17, 15) is 9.59 Å². The number of aldehydes is 1. The SMILES string of the molecule is COc1ccccc1OC(=O)COc1ccccc1C=O. The second-order valence-electron chi connectivity index (χ2n) is 4.07. The Morgan fingerprint density at radius 2 is 1.62 bits per heavy atom. The lowest BCUT2D eigenvalue weighted by atomic mass is 10.2. The Morgan fingerprint density at radius 3 is 2.29 bits per heavy atom. The van der Waals surface area contributed by atoms with Gasteiger partial charge in [-0.3, -0.25) is 4.79 Å². The predicted molar refractivity (Wildman–Crippen MR) is 76.0 cm³/mol. The Balaban J connectivity index is 1.98. The minimum absolute atomic E-state index is 0.303. The molecule has 5 nitrogen and oxygen atoms in total. The van der Waals surface area contributed by atoms with Crippen LogP contribution in [0.3, 0.4) is 0 Å². The molecule has 0 radical (unpaired) electrons. The highest BCUT2D eigenvalue weighted by atomic mass is 16.6. The largest absolute Gasteiger partial charge is 0.493 e. The monoisotopic (exact) mass is 286 g/mol. The van der Waals surface area contributed by atoms with E-state index in [4.69, 9.17) is 14.2 Å². The summed E-state index contributed by atoms with van der Waals surface area (Å²) in [7, 11) is 1.49. The van der Waals surface area contributed by atoms with Gasteiger partial charge in [-0.15, -0.1) is 0 Å². The molecule has 0 aliphatic rings. The fraction of sp³-hybridized carbons (Fsp3) is 0.125. The first kappa shape index (κ1) is 14.6. The number of carbonyl (C=O) groups excluding carboxylic acids is 2. The van der Waals surface area contributed by atoms with Gasteiger partial charge in [0.1, 0.15) is 5.75 Å². The van der Waals surface area contributed by atoms with E-state index in [-0.39, 0.29) is 6.61 Å². The van der Waals surface area contributed by atoms with Gasteiger partial charge in [0.2, 0.25) is 0 Å². The molecule has 0 unspecified atom stereocenters. The molecule has 108 valence electrons. The van der Waals surface area contributed by atoms with E-state index in [0.29, 0.717) is 29.1 Å². The highest BCUT2D eigenvalue weighted by molar-refractivity contribution is 5.80. The summed E-state index contributed by atoms with van der Waals surface area (Å²) in [4.78, 5) is 22.6. The van der Waals surface area contributed by atoms with Crippen LogP contribution in [-0.2, 0) is 4.79 Å². The molecule has 0 aromatic heterocycles. The third kappa shape index (κ3) is 3.82. The number of benzene rings is 2. The van der Waals surface area contributed by atoms with Crippen LogP contribution in [0.4, 0.5) is 0 Å². The molecule has 0 N–H and O–H groups in total. The molecule has 2 rings (SSSR count). The van der Waals surface area contributed by atoms with Crippen molar-refractivity contribution in [2.45, 2.75) is 0 Å². The van der Waals surface area contributed by atoms with Crippen LogP contribution in [-0.4, -0.2) is 26.0 Å². The van der Waals surface area contributed by atoms with Crippen LogP contribution in [0.2, 0.25) is 0 Å². The smallest absolute Gasteiger partial charge is 0.349 e. The molecular formula is C16H14O5. The summed E-state index contributed by atoms with van der Waals surface area (Å²) < 4.78 is 15.5. The summed E-state index contributed by atoms with van der Waals surface area (Å²) in [6.45, 7) is -0.303. The maximum atomic E-state index is 11.8. The van der Waals surface area contributed by atoms with Crippen LogP contribution < -0.4 is 14.2 Å². The number of hydrogen-bond donors (Lipinski definition) is 0. The maximum Gasteiger partial charge on any atom is 0.349 e. The van der Waals surface area contributed by atoms with Gasteiger partial charge < -0.3 is 14.2 Å². The van der Waals surface area contributed by atoms with Crippen molar-refractivity contribution < 1.29 is 23.8 Å². The fourth-order valence-corrected chi connectivity index (χ4v) is 1.70. The molecule has 0 saturated heterocycles. The van der Waals surface area contributed by atoms with E-state index < -0.39 is 5.97 Å². The van der Waals surface area contributed by atoms with Crippen molar-refractivity contribution in [1.82, 2.24) is 0 Å². The van der Waals surface area contributed by atoms with Gasteiger partial charge in [0, 0.05) is 0 Å². The van der Waals surface area contributed by atoms with Crippen LogP contribution in [0.5, 0.6) is 17.2 Å². The van der Waals surface area contributed by atoms with Gasteiger partial charge in [-0.05, 0) is 24.3 Å². The third-order valence-corrected chi connectivity index (χ3v) is 2.68. The quantitative estimate of drug-likeness (QED) is 0.464. The van der Waals surface area contributed by atoms with Gasteiger partial charge in [0.05, 0.1) is 12.7 Å². The Labute approximate surface area is 122 Å². The fourth-order valence-electron chi connectivity index (χ4n) is 1.70. The van der Waals surface area contributed by atoms with E-state index in [0.717, 1.165) is 0 Å². The van der Waals surface area contributed by atoms with E-state index in [1.165, 1.54) is 7.11 Å². The second-order valence-corrected chi connectivity index (χ2v) is 4.07. The second kappa shape index (κ2) is 7.09. The molecule has 0 heterocycles. The van der Waals surface area contributed by atoms with Crippen molar-refractivity contribution in [3.05, 3.63) is 54.1 Å². The topological polar surface area (TPSA) is 61.8 Å². The first-order valence-corrected chi connectivity index (χ1v) is 6.25. The maximum absolute atomic E-state index is 11.8. The Morgan fingerprint density at radius 1 is 1.00 bits per heavy atom. The summed E-state index contributed by atoms with van der Waals surface area (Å²) >= 11 is 0. The molecule has 2 aromatic rings. The minimum Gasteiger partial charge on any atom is -0.493 e. The van der Waals surface area contributed by atoms with Gasteiger partial charge in [0.25, 0.3) is 0 Å². The van der Waals surface area contributed by atoms with E-state index in [1.54, 1.807) is 48.5 Å². The van der Waals surface area contributed by atoms with Crippen LogP contribution >= 0.6 is 0 Å². The Bertz CT molecular complexity index is 636. The zero-order valence-corrected chi connectivity index (χ0v) is 11.4. The molecule has 0 bridgehead atoms. The van der Waals surface area contributed by atoms with Crippen LogP contribution in [0.1, 0.15) is 10.4 Å². The Hall–Kier alpha value is -2.82. The van der Waals surface area contributed by atoms with Gasteiger partial charge in [-0.1, -0.05) is 24.3 Å². The van der Waals surface area contributed by atoms with Crippen LogP contribution in [0.25, 0.3) is 0 Å². The van der Waals surface area contributed by atoms with Crippen molar-refractivity contribution >= 4 is 12.3 Å². The van der Waals surface area contributed by atoms with Crippen LogP contribution in [0.15, 0.2) is 48.5 Å². The first-order chi connectivity index (χ1) is 10.2. The van der Waals surface area contributed by atoms with Gasteiger partial charge >= 0.3 is 5.97 Å². The molecule has 0 saturated carbocycles. The van der Waals surface area contributed by atoms with Gasteiger partial charge in [-0.25, -0.2) is 4.79 Å². The molecule has 2 aromatic carbocycles. The number of rotatable bonds is 6. The Kier molecular flexibility index (Phi) is 4.93. The number of ether oxygens (including phenoxy) is 3. The number of carbonyl (C=O) groups is 2. The number of esters is 1. The third-order valence-electron chi connectivity index (χ3n) is 2.68. The van der Waals surface area contributed by atoms with Crippen molar-refractivity contribution in [1.29, 1.82) is 0 Å². The molecule has 0 spiro atoms. The summed E-state index contributed by atoms with van der Waals surface area (Å²) in [5, 5.41) is 0. The van der Waals surface area contributed by atoms with Crippen molar-refractivity contribution in [3.63, 3.8) is 0 Å². The highest BCUT2D eigenvalue weighted by Crippen LogP contribution is 2.26. The standard InChI is InChI=1S/C16H14O5/c1-19-14-8-4-5-9-15(14)21-16(18)11-20-13-7-3-2-6-12(13)10-17/h2-10H,11H2,1H3. The molecule has 0 amide bonds.